The zero-order valence-corrected chi connectivity index (χ0v) is 15.6. The molecule has 2 saturated heterocycles. The molecule has 1 N–H and O–H groups in total. The molecule has 0 aliphatic carbocycles. The van der Waals surface area contributed by atoms with E-state index in [1.54, 1.807) is 0 Å². The summed E-state index contributed by atoms with van der Waals surface area (Å²) in [6.07, 6.45) is 3.73. The minimum Gasteiger partial charge on any atom is -0.368 e. The van der Waals surface area contributed by atoms with Crippen molar-refractivity contribution in [2.75, 3.05) is 38.2 Å². The number of nitrogens with one attached hydrogen (secondary N) is 1. The van der Waals surface area contributed by atoms with E-state index in [4.69, 9.17) is 9.57 Å². The summed E-state index contributed by atoms with van der Waals surface area (Å²) in [7, 11) is 0. The first-order valence-electron chi connectivity index (χ1n) is 9.89. The van der Waals surface area contributed by atoms with Gasteiger partial charge in [0, 0.05) is 44.9 Å². The molecule has 3 aliphatic heterocycles. The normalized spacial score (nSPS) is 22.7. The first-order valence-corrected chi connectivity index (χ1v) is 9.89. The van der Waals surface area contributed by atoms with Crippen LogP contribution in [-0.4, -0.2) is 60.7 Å². The van der Waals surface area contributed by atoms with E-state index in [1.165, 1.54) is 5.56 Å². The molecule has 3 heterocycles. The van der Waals surface area contributed by atoms with Gasteiger partial charge in [-0.15, -0.1) is 0 Å². The number of hydrogen-bond donors (Lipinski definition) is 1. The molecule has 1 atom stereocenters. The van der Waals surface area contributed by atoms with E-state index in [0.29, 0.717) is 26.1 Å². The molecule has 7 heteroatoms. The number of nitrogens with zero attached hydrogens (tertiary/aromatic N) is 2. The number of anilines is 1. The lowest BCUT2D eigenvalue weighted by molar-refractivity contribution is -0.139. The highest BCUT2D eigenvalue weighted by Crippen LogP contribution is 2.24. The molecular formula is C20H27N3O4. The lowest BCUT2D eigenvalue weighted by Gasteiger charge is -2.30. The maximum Gasteiger partial charge on any atom is 0.253 e. The number of fused-ring (bicyclic) bond motifs is 1. The molecule has 0 radical (unpaired) electrons. The SMILES string of the molecule is O=C(Nc1ccc2c(c1)CN(C(=O)CCN1CCCO1)CC2)C1CCCO1. The van der Waals surface area contributed by atoms with E-state index < -0.39 is 0 Å². The number of rotatable bonds is 5. The van der Waals surface area contributed by atoms with Crippen molar-refractivity contribution < 1.29 is 19.2 Å². The van der Waals surface area contributed by atoms with Gasteiger partial charge in [0.15, 0.2) is 0 Å². The minimum absolute atomic E-state index is 0.0817. The summed E-state index contributed by atoms with van der Waals surface area (Å²) in [4.78, 5) is 32.2. The van der Waals surface area contributed by atoms with Gasteiger partial charge in [-0.05, 0) is 48.9 Å². The lowest BCUT2D eigenvalue weighted by atomic mass is 9.98. The third-order valence-corrected chi connectivity index (χ3v) is 5.46. The van der Waals surface area contributed by atoms with E-state index >= 15 is 0 Å². The Morgan fingerprint density at radius 3 is 2.85 bits per heavy atom. The Kier molecular flexibility index (Phi) is 5.71. The molecule has 2 fully saturated rings. The molecule has 4 rings (SSSR count). The van der Waals surface area contributed by atoms with Crippen molar-refractivity contribution in [3.63, 3.8) is 0 Å². The fourth-order valence-corrected chi connectivity index (χ4v) is 3.91. The molecule has 1 aromatic carbocycles. The lowest BCUT2D eigenvalue weighted by Crippen LogP contribution is -2.37. The van der Waals surface area contributed by atoms with Gasteiger partial charge in [0.1, 0.15) is 6.10 Å². The van der Waals surface area contributed by atoms with Crippen LogP contribution in [0.25, 0.3) is 0 Å². The summed E-state index contributed by atoms with van der Waals surface area (Å²) in [6, 6.07) is 5.99. The Labute approximate surface area is 159 Å². The van der Waals surface area contributed by atoms with Crippen LogP contribution < -0.4 is 5.32 Å². The molecule has 1 aromatic rings. The third kappa shape index (κ3) is 4.48. The van der Waals surface area contributed by atoms with Crippen LogP contribution in [0.4, 0.5) is 5.69 Å². The van der Waals surface area contributed by atoms with Crippen molar-refractivity contribution in [3.8, 4) is 0 Å². The number of carbonyl (C=O) groups excluding carboxylic acids is 2. The average Bonchev–Trinajstić information content (AvgIpc) is 3.39. The first-order chi connectivity index (χ1) is 13.2. The summed E-state index contributed by atoms with van der Waals surface area (Å²) >= 11 is 0. The summed E-state index contributed by atoms with van der Waals surface area (Å²) in [5.41, 5.74) is 3.13. The van der Waals surface area contributed by atoms with Gasteiger partial charge in [0.25, 0.3) is 5.91 Å². The van der Waals surface area contributed by atoms with Gasteiger partial charge in [0.2, 0.25) is 5.91 Å². The standard InChI is InChI=1S/C20H27N3O4/c24-19(7-10-23-8-2-12-27-23)22-9-6-15-4-5-17(13-16(15)14-22)21-20(25)18-3-1-11-26-18/h4-5,13,18H,1-3,6-12,14H2,(H,21,25). The molecule has 3 aliphatic rings. The van der Waals surface area contributed by atoms with Gasteiger partial charge in [-0.1, -0.05) is 6.07 Å². The highest BCUT2D eigenvalue weighted by atomic mass is 16.7. The monoisotopic (exact) mass is 373 g/mol. The Hall–Kier alpha value is -1.96. The van der Waals surface area contributed by atoms with Crippen molar-refractivity contribution in [2.45, 2.75) is 44.8 Å². The Balaban J connectivity index is 1.34. The summed E-state index contributed by atoms with van der Waals surface area (Å²) in [5, 5.41) is 4.83. The summed E-state index contributed by atoms with van der Waals surface area (Å²) in [5.74, 6) is 0.0757. The van der Waals surface area contributed by atoms with Crippen LogP contribution in [0.5, 0.6) is 0 Å². The van der Waals surface area contributed by atoms with Crippen LogP contribution >= 0.6 is 0 Å². The molecule has 146 valence electrons. The van der Waals surface area contributed by atoms with E-state index in [2.05, 4.69) is 11.4 Å². The Morgan fingerprint density at radius 2 is 2.07 bits per heavy atom. The van der Waals surface area contributed by atoms with Crippen LogP contribution in [0.2, 0.25) is 0 Å². The second-order valence-electron chi connectivity index (χ2n) is 7.41. The predicted molar refractivity (Wildman–Crippen MR) is 99.9 cm³/mol. The zero-order valence-electron chi connectivity index (χ0n) is 15.6. The van der Waals surface area contributed by atoms with Crippen molar-refractivity contribution in [3.05, 3.63) is 29.3 Å². The second kappa shape index (κ2) is 8.37. The van der Waals surface area contributed by atoms with Gasteiger partial charge in [-0.3, -0.25) is 14.4 Å². The van der Waals surface area contributed by atoms with Crippen LogP contribution in [0.15, 0.2) is 18.2 Å². The topological polar surface area (TPSA) is 71.1 Å². The maximum atomic E-state index is 12.6. The number of ether oxygens (including phenoxy) is 1. The molecule has 0 bridgehead atoms. The predicted octanol–water partition coefficient (Wildman–Crippen LogP) is 1.72. The van der Waals surface area contributed by atoms with Gasteiger partial charge >= 0.3 is 0 Å². The van der Waals surface area contributed by atoms with Crippen LogP contribution in [0.1, 0.15) is 36.8 Å². The second-order valence-corrected chi connectivity index (χ2v) is 7.41. The minimum atomic E-state index is -0.341. The Bertz CT molecular complexity index is 696. The number of hydroxylamine groups is 2. The summed E-state index contributed by atoms with van der Waals surface area (Å²) < 4.78 is 5.44. The van der Waals surface area contributed by atoms with Crippen LogP contribution in [0, 0.1) is 0 Å². The molecule has 2 amide bonds. The fourth-order valence-electron chi connectivity index (χ4n) is 3.91. The third-order valence-electron chi connectivity index (χ3n) is 5.46. The average molecular weight is 373 g/mol. The van der Waals surface area contributed by atoms with Crippen LogP contribution in [-0.2, 0) is 32.1 Å². The van der Waals surface area contributed by atoms with Gasteiger partial charge in [-0.25, -0.2) is 0 Å². The van der Waals surface area contributed by atoms with Crippen molar-refractivity contribution in [2.24, 2.45) is 0 Å². The number of amides is 2. The molecule has 1 unspecified atom stereocenters. The highest BCUT2D eigenvalue weighted by molar-refractivity contribution is 5.94. The zero-order chi connectivity index (χ0) is 18.6. The van der Waals surface area contributed by atoms with E-state index in [9.17, 15) is 9.59 Å². The molecular weight excluding hydrogens is 346 g/mol. The van der Waals surface area contributed by atoms with Gasteiger partial charge < -0.3 is 15.0 Å². The largest absolute Gasteiger partial charge is 0.368 e. The number of carbonyl (C=O) groups is 2. The van der Waals surface area contributed by atoms with E-state index in [-0.39, 0.29) is 17.9 Å². The first kappa shape index (κ1) is 18.4. The smallest absolute Gasteiger partial charge is 0.253 e. The molecule has 0 aromatic heterocycles. The molecule has 7 nitrogen and oxygen atoms in total. The van der Waals surface area contributed by atoms with E-state index in [0.717, 1.165) is 56.6 Å². The van der Waals surface area contributed by atoms with Crippen LogP contribution in [0.3, 0.4) is 0 Å². The molecule has 0 spiro atoms. The van der Waals surface area contributed by atoms with Crippen molar-refractivity contribution in [1.29, 1.82) is 0 Å². The molecule has 0 saturated carbocycles. The van der Waals surface area contributed by atoms with Crippen molar-refractivity contribution >= 4 is 17.5 Å². The quantitative estimate of drug-likeness (QED) is 0.851. The van der Waals surface area contributed by atoms with Gasteiger partial charge in [-0.2, -0.15) is 5.06 Å². The number of hydrogen-bond acceptors (Lipinski definition) is 5. The summed E-state index contributed by atoms with van der Waals surface area (Å²) in [6.45, 7) is 4.31. The maximum absolute atomic E-state index is 12.6. The van der Waals surface area contributed by atoms with Gasteiger partial charge in [0.05, 0.1) is 6.61 Å². The van der Waals surface area contributed by atoms with E-state index in [1.807, 2.05) is 22.1 Å². The Morgan fingerprint density at radius 1 is 1.15 bits per heavy atom. The highest BCUT2D eigenvalue weighted by Gasteiger charge is 2.25. The molecule has 27 heavy (non-hydrogen) atoms. The fraction of sp³-hybridized carbons (Fsp3) is 0.600. The van der Waals surface area contributed by atoms with Crippen molar-refractivity contribution in [1.82, 2.24) is 9.96 Å². The number of benzene rings is 1.